The van der Waals surface area contributed by atoms with Crippen LogP contribution in [-0.2, 0) is 9.59 Å². The molecule has 27 heavy (non-hydrogen) atoms. The lowest BCUT2D eigenvalue weighted by Gasteiger charge is -2.37. The predicted octanol–water partition coefficient (Wildman–Crippen LogP) is 0.347. The zero-order valence-corrected chi connectivity index (χ0v) is 16.7. The summed E-state index contributed by atoms with van der Waals surface area (Å²) in [7, 11) is 0. The molecule has 4 fully saturated rings. The molecule has 3 aliphatic heterocycles. The van der Waals surface area contributed by atoms with Crippen molar-refractivity contribution in [3.8, 4) is 0 Å². The van der Waals surface area contributed by atoms with Gasteiger partial charge in [-0.2, -0.15) is 0 Å². The molecule has 4 aliphatic rings. The summed E-state index contributed by atoms with van der Waals surface area (Å²) in [6.45, 7) is 3.27. The van der Waals surface area contributed by atoms with Gasteiger partial charge in [0.15, 0.2) is 5.11 Å². The van der Waals surface area contributed by atoms with Crippen molar-refractivity contribution in [1.82, 2.24) is 25.8 Å². The Kier molecular flexibility index (Phi) is 5.82. The average molecular weight is 394 g/mol. The minimum atomic E-state index is -0.102. The third-order valence-electron chi connectivity index (χ3n) is 6.27. The second kappa shape index (κ2) is 8.31. The fourth-order valence-corrected chi connectivity index (χ4v) is 4.91. The van der Waals surface area contributed by atoms with E-state index >= 15 is 0 Å². The number of amides is 2. The van der Waals surface area contributed by atoms with Crippen LogP contribution >= 0.6 is 12.2 Å². The summed E-state index contributed by atoms with van der Waals surface area (Å²) in [5, 5.41) is 10.4. The van der Waals surface area contributed by atoms with Crippen LogP contribution in [0.5, 0.6) is 0 Å². The number of hydrogen-bond donors (Lipinski definition) is 3. The fourth-order valence-electron chi connectivity index (χ4n) is 4.58. The number of piperidine rings is 1. The lowest BCUT2D eigenvalue weighted by molar-refractivity contribution is -0.133. The third kappa shape index (κ3) is 4.71. The molecule has 1 saturated carbocycles. The van der Waals surface area contributed by atoms with Crippen LogP contribution in [0, 0.1) is 0 Å². The highest BCUT2D eigenvalue weighted by atomic mass is 32.1. The minimum Gasteiger partial charge on any atom is -0.360 e. The van der Waals surface area contributed by atoms with E-state index in [9.17, 15) is 9.59 Å². The molecule has 3 atom stereocenters. The second-order valence-corrected chi connectivity index (χ2v) is 8.82. The maximum absolute atomic E-state index is 12.5. The first-order valence-corrected chi connectivity index (χ1v) is 10.9. The Morgan fingerprint density at radius 3 is 2.63 bits per heavy atom. The Morgan fingerprint density at radius 1 is 1.15 bits per heavy atom. The summed E-state index contributed by atoms with van der Waals surface area (Å²) < 4.78 is 0. The van der Waals surface area contributed by atoms with Gasteiger partial charge < -0.3 is 20.9 Å². The van der Waals surface area contributed by atoms with Crippen molar-refractivity contribution in [2.24, 2.45) is 0 Å². The zero-order chi connectivity index (χ0) is 18.8. The molecule has 0 unspecified atom stereocenters. The van der Waals surface area contributed by atoms with E-state index < -0.39 is 0 Å². The molecular formula is C19H31N5O2S. The quantitative estimate of drug-likeness (QED) is 0.585. The Morgan fingerprint density at radius 2 is 1.89 bits per heavy atom. The summed E-state index contributed by atoms with van der Waals surface area (Å²) in [4.78, 5) is 29.1. The van der Waals surface area contributed by atoms with Crippen molar-refractivity contribution in [2.75, 3.05) is 26.2 Å². The highest BCUT2D eigenvalue weighted by Gasteiger charge is 2.43. The zero-order valence-electron chi connectivity index (χ0n) is 15.9. The maximum atomic E-state index is 12.5. The molecular weight excluding hydrogens is 362 g/mol. The largest absolute Gasteiger partial charge is 0.360 e. The van der Waals surface area contributed by atoms with Crippen LogP contribution in [0.3, 0.4) is 0 Å². The van der Waals surface area contributed by atoms with Gasteiger partial charge in [-0.05, 0) is 57.2 Å². The molecule has 0 aromatic carbocycles. The summed E-state index contributed by atoms with van der Waals surface area (Å²) in [5.74, 6) is 0.380. The molecule has 2 amide bonds. The van der Waals surface area contributed by atoms with Crippen LogP contribution in [0.2, 0.25) is 0 Å². The molecule has 7 nitrogen and oxygen atoms in total. The van der Waals surface area contributed by atoms with Crippen LogP contribution in [0.4, 0.5) is 0 Å². The van der Waals surface area contributed by atoms with Crippen molar-refractivity contribution < 1.29 is 9.59 Å². The lowest BCUT2D eigenvalue weighted by Crippen LogP contribution is -2.58. The van der Waals surface area contributed by atoms with Gasteiger partial charge in [-0.3, -0.25) is 14.5 Å². The van der Waals surface area contributed by atoms with E-state index in [1.165, 1.54) is 19.3 Å². The first-order valence-electron chi connectivity index (χ1n) is 10.5. The number of hydrogen-bond acceptors (Lipinski definition) is 4. The summed E-state index contributed by atoms with van der Waals surface area (Å²) in [6, 6.07) is 0.858. The van der Waals surface area contributed by atoms with Gasteiger partial charge in [0.25, 0.3) is 0 Å². The number of thiocarbonyl (C=S) groups is 1. The highest BCUT2D eigenvalue weighted by molar-refractivity contribution is 7.80. The topological polar surface area (TPSA) is 76.7 Å². The molecule has 4 rings (SSSR count). The van der Waals surface area contributed by atoms with E-state index in [0.717, 1.165) is 45.3 Å². The minimum absolute atomic E-state index is 0.102. The van der Waals surface area contributed by atoms with Gasteiger partial charge in [-0.25, -0.2) is 0 Å². The standard InChI is InChI=1S/C19H31N5O2S/c25-17(23-8-2-1-3-9-23)7-6-15-11-20-18(26)16-10-14(12-24(15)16)22-19(27)21-13-4-5-13/h13-16H,1-12H2,(H,20,26)(H2,21,22,27)/t14-,15+,16-/m0/s1. The van der Waals surface area contributed by atoms with Gasteiger partial charge in [0.2, 0.25) is 11.8 Å². The predicted molar refractivity (Wildman–Crippen MR) is 107 cm³/mol. The number of nitrogens with zero attached hydrogens (tertiary/aromatic N) is 2. The van der Waals surface area contributed by atoms with Crippen LogP contribution in [0.15, 0.2) is 0 Å². The van der Waals surface area contributed by atoms with E-state index in [-0.39, 0.29) is 29.9 Å². The number of rotatable bonds is 5. The van der Waals surface area contributed by atoms with Crippen LogP contribution in [-0.4, -0.2) is 77.1 Å². The van der Waals surface area contributed by atoms with Gasteiger partial charge >= 0.3 is 0 Å². The van der Waals surface area contributed by atoms with Gasteiger partial charge in [0.05, 0.1) is 6.04 Å². The molecule has 0 radical (unpaired) electrons. The molecule has 0 aromatic rings. The third-order valence-corrected chi connectivity index (χ3v) is 6.51. The molecule has 3 saturated heterocycles. The van der Waals surface area contributed by atoms with Crippen molar-refractivity contribution in [1.29, 1.82) is 0 Å². The Labute approximate surface area is 166 Å². The monoisotopic (exact) mass is 393 g/mol. The summed E-state index contributed by atoms with van der Waals surface area (Å²) >= 11 is 5.40. The van der Waals surface area contributed by atoms with Gasteiger partial charge in [0.1, 0.15) is 0 Å². The van der Waals surface area contributed by atoms with E-state index in [2.05, 4.69) is 20.9 Å². The maximum Gasteiger partial charge on any atom is 0.237 e. The number of carbonyl (C=O) groups excluding carboxylic acids is 2. The van der Waals surface area contributed by atoms with Crippen LogP contribution in [0.25, 0.3) is 0 Å². The highest BCUT2D eigenvalue weighted by Crippen LogP contribution is 2.26. The smallest absolute Gasteiger partial charge is 0.237 e. The normalized spacial score (nSPS) is 31.2. The molecule has 0 spiro atoms. The Balaban J connectivity index is 1.29. The van der Waals surface area contributed by atoms with Crippen molar-refractivity contribution >= 4 is 29.1 Å². The first kappa shape index (κ1) is 18.9. The van der Waals surface area contributed by atoms with Gasteiger partial charge in [-0.15, -0.1) is 0 Å². The van der Waals surface area contributed by atoms with Crippen molar-refractivity contribution in [3.05, 3.63) is 0 Å². The van der Waals surface area contributed by atoms with Gasteiger partial charge in [-0.1, -0.05) is 0 Å². The average Bonchev–Trinajstić information content (AvgIpc) is 3.37. The molecule has 0 bridgehead atoms. The van der Waals surface area contributed by atoms with E-state index in [4.69, 9.17) is 12.2 Å². The SMILES string of the molecule is O=C1NC[C@@H](CCC(=O)N2CCCCC2)N2C[C@@H](NC(=S)NC3CC3)C[C@@H]12. The lowest BCUT2D eigenvalue weighted by atomic mass is 10.0. The summed E-state index contributed by atoms with van der Waals surface area (Å²) in [6.07, 6.45) is 8.03. The second-order valence-electron chi connectivity index (χ2n) is 8.42. The molecule has 150 valence electrons. The van der Waals surface area contributed by atoms with Crippen molar-refractivity contribution in [3.63, 3.8) is 0 Å². The molecule has 3 N–H and O–H groups in total. The van der Waals surface area contributed by atoms with E-state index in [0.29, 0.717) is 24.1 Å². The fraction of sp³-hybridized carbons (Fsp3) is 0.842. The number of likely N-dealkylation sites (tertiary alicyclic amines) is 1. The van der Waals surface area contributed by atoms with Crippen LogP contribution in [0.1, 0.15) is 51.4 Å². The van der Waals surface area contributed by atoms with Crippen molar-refractivity contribution in [2.45, 2.75) is 75.5 Å². The first-order chi connectivity index (χ1) is 13.1. The molecule has 3 heterocycles. The van der Waals surface area contributed by atoms with Crippen LogP contribution < -0.4 is 16.0 Å². The van der Waals surface area contributed by atoms with E-state index in [1.807, 2.05) is 4.90 Å². The summed E-state index contributed by atoms with van der Waals surface area (Å²) in [5.41, 5.74) is 0. The molecule has 0 aromatic heterocycles. The van der Waals surface area contributed by atoms with Gasteiger partial charge in [0, 0.05) is 50.7 Å². The number of piperazine rings is 1. The molecule has 1 aliphatic carbocycles. The number of fused-ring (bicyclic) bond motifs is 1. The Hall–Kier alpha value is -1.41. The Bertz CT molecular complexity index is 591. The van der Waals surface area contributed by atoms with E-state index in [1.54, 1.807) is 0 Å². The molecule has 8 heteroatoms. The number of carbonyl (C=O) groups is 2. The number of nitrogens with one attached hydrogen (secondary N) is 3.